The highest BCUT2D eigenvalue weighted by molar-refractivity contribution is 7.97. The first-order chi connectivity index (χ1) is 11.4. The highest BCUT2D eigenvalue weighted by Gasteiger charge is 2.39. The van der Waals surface area contributed by atoms with E-state index in [2.05, 4.69) is 5.32 Å². The smallest absolute Gasteiger partial charge is 0.262 e. The molecule has 0 fully saturated rings. The van der Waals surface area contributed by atoms with Crippen molar-refractivity contribution in [1.29, 1.82) is 0 Å². The first kappa shape index (κ1) is 16.4. The average molecular weight is 365 g/mol. The van der Waals surface area contributed by atoms with Crippen LogP contribution in [0.15, 0.2) is 52.3 Å². The third kappa shape index (κ3) is 2.51. The molecule has 1 heterocycles. The summed E-state index contributed by atoms with van der Waals surface area (Å²) in [6.07, 6.45) is 0. The molecular weight excluding hydrogens is 352 g/mol. The predicted molar refractivity (Wildman–Crippen MR) is 91.4 cm³/mol. The molecule has 0 saturated heterocycles. The number of hydrogen-bond acceptors (Lipinski definition) is 5. The van der Waals surface area contributed by atoms with E-state index in [4.69, 9.17) is 22.1 Å². The highest BCUT2D eigenvalue weighted by Crippen LogP contribution is 2.41. The van der Waals surface area contributed by atoms with E-state index in [0.29, 0.717) is 22.0 Å². The molecule has 1 aliphatic rings. The van der Waals surface area contributed by atoms with E-state index >= 15 is 0 Å². The first-order valence-corrected chi connectivity index (χ1v) is 8.71. The van der Waals surface area contributed by atoms with Crippen molar-refractivity contribution in [2.45, 2.75) is 4.90 Å². The lowest BCUT2D eigenvalue weighted by Crippen LogP contribution is -2.20. The minimum absolute atomic E-state index is 0.0299. The number of fused-ring (bicyclic) bond motifs is 1. The fourth-order valence-corrected chi connectivity index (χ4v) is 4.37. The van der Waals surface area contributed by atoms with Crippen LogP contribution in [0, 0.1) is 0 Å². The van der Waals surface area contributed by atoms with E-state index in [1.807, 2.05) is 0 Å². The monoisotopic (exact) mass is 364 g/mol. The van der Waals surface area contributed by atoms with E-state index in [9.17, 15) is 13.2 Å². The van der Waals surface area contributed by atoms with Gasteiger partial charge < -0.3 is 15.8 Å². The fraction of sp³-hybridized carbons (Fsp3) is 0.0625. The zero-order valence-electron chi connectivity index (χ0n) is 12.5. The molecule has 3 N–H and O–H groups in total. The molecule has 0 radical (unpaired) electrons. The summed E-state index contributed by atoms with van der Waals surface area (Å²) >= 11 is 5.99. The van der Waals surface area contributed by atoms with Gasteiger partial charge in [0, 0.05) is 10.6 Å². The summed E-state index contributed by atoms with van der Waals surface area (Å²) in [4.78, 5) is 11.3. The summed E-state index contributed by atoms with van der Waals surface area (Å²) in [6.45, 7) is 0. The van der Waals surface area contributed by atoms with Gasteiger partial charge in [0.2, 0.25) is 9.84 Å². The van der Waals surface area contributed by atoms with Gasteiger partial charge >= 0.3 is 0 Å². The normalized spacial score (nSPS) is 15.1. The molecule has 0 unspecified atom stereocenters. The van der Waals surface area contributed by atoms with Crippen LogP contribution in [0.2, 0.25) is 5.02 Å². The first-order valence-electron chi connectivity index (χ1n) is 6.85. The van der Waals surface area contributed by atoms with Crippen LogP contribution in [0.5, 0.6) is 5.75 Å². The molecule has 124 valence electrons. The van der Waals surface area contributed by atoms with E-state index in [-0.39, 0.29) is 10.6 Å². The van der Waals surface area contributed by atoms with Crippen LogP contribution in [0.25, 0.3) is 5.70 Å². The number of sulfone groups is 1. The molecule has 2 aromatic carbocycles. The molecule has 8 heteroatoms. The Bertz CT molecular complexity index is 983. The Hall–Kier alpha value is -2.51. The number of nitrogens with two attached hydrogens (primary N) is 1. The van der Waals surface area contributed by atoms with Crippen molar-refractivity contribution < 1.29 is 17.9 Å². The molecule has 0 aromatic heterocycles. The third-order valence-electron chi connectivity index (χ3n) is 3.59. The number of ether oxygens (including phenoxy) is 1. The lowest BCUT2D eigenvalue weighted by atomic mass is 10.1. The van der Waals surface area contributed by atoms with Crippen LogP contribution in [0.4, 0.5) is 5.69 Å². The Morgan fingerprint density at radius 1 is 1.21 bits per heavy atom. The van der Waals surface area contributed by atoms with Gasteiger partial charge in [-0.3, -0.25) is 4.79 Å². The maximum Gasteiger partial charge on any atom is 0.262 e. The minimum atomic E-state index is -3.98. The molecule has 6 nitrogen and oxygen atoms in total. The molecule has 3 rings (SSSR count). The molecule has 2 aromatic rings. The second-order valence-electron chi connectivity index (χ2n) is 5.04. The van der Waals surface area contributed by atoms with Gasteiger partial charge in [-0.05, 0) is 24.3 Å². The van der Waals surface area contributed by atoms with E-state index in [1.54, 1.807) is 36.4 Å². The van der Waals surface area contributed by atoms with Crippen molar-refractivity contribution in [3.63, 3.8) is 0 Å². The van der Waals surface area contributed by atoms with Crippen LogP contribution >= 0.6 is 11.6 Å². The molecule has 0 saturated carbocycles. The van der Waals surface area contributed by atoms with Crippen molar-refractivity contribution in [3.8, 4) is 5.75 Å². The maximum absolute atomic E-state index is 12.6. The largest absolute Gasteiger partial charge is 0.495 e. The van der Waals surface area contributed by atoms with Crippen LogP contribution in [-0.2, 0) is 14.6 Å². The molecule has 1 amide bonds. The Labute approximate surface area is 143 Å². The van der Waals surface area contributed by atoms with Gasteiger partial charge in [0.25, 0.3) is 5.91 Å². The quantitative estimate of drug-likeness (QED) is 0.868. The lowest BCUT2D eigenvalue weighted by Gasteiger charge is -2.13. The summed E-state index contributed by atoms with van der Waals surface area (Å²) in [5.74, 6) is -0.591. The average Bonchev–Trinajstić information content (AvgIpc) is 2.76. The van der Waals surface area contributed by atoms with Crippen LogP contribution in [-0.4, -0.2) is 21.4 Å². The SMILES string of the molecule is COc1ccc(Cl)cc1NC1=C(C(N)=O)S(=O)(=O)c2ccccc21. The number of primary amides is 1. The van der Waals surface area contributed by atoms with Gasteiger partial charge in [-0.25, -0.2) is 8.42 Å². The Balaban J connectivity index is 2.23. The minimum Gasteiger partial charge on any atom is -0.495 e. The van der Waals surface area contributed by atoms with Crippen LogP contribution in [0.3, 0.4) is 0 Å². The molecule has 1 aliphatic heterocycles. The number of methoxy groups -OCH3 is 1. The van der Waals surface area contributed by atoms with Crippen molar-refractivity contribution in [2.75, 3.05) is 12.4 Å². The number of anilines is 1. The highest BCUT2D eigenvalue weighted by atomic mass is 35.5. The number of carbonyl (C=O) groups excluding carboxylic acids is 1. The molecule has 0 atom stereocenters. The zero-order chi connectivity index (χ0) is 17.5. The summed E-state index contributed by atoms with van der Waals surface area (Å²) < 4.78 is 30.4. The van der Waals surface area contributed by atoms with E-state index in [1.165, 1.54) is 13.2 Å². The zero-order valence-corrected chi connectivity index (χ0v) is 14.1. The second-order valence-corrected chi connectivity index (χ2v) is 7.33. The van der Waals surface area contributed by atoms with E-state index < -0.39 is 20.6 Å². The van der Waals surface area contributed by atoms with Gasteiger partial charge in [0.15, 0.2) is 4.91 Å². The van der Waals surface area contributed by atoms with Gasteiger partial charge in [-0.15, -0.1) is 0 Å². The van der Waals surface area contributed by atoms with Crippen molar-refractivity contribution in [3.05, 3.63) is 58.0 Å². The number of rotatable bonds is 4. The van der Waals surface area contributed by atoms with Crippen molar-refractivity contribution in [1.82, 2.24) is 0 Å². The Morgan fingerprint density at radius 3 is 2.58 bits per heavy atom. The van der Waals surface area contributed by atoms with Gasteiger partial charge in [0.05, 0.1) is 23.4 Å². The molecular formula is C16H13ClN2O4S. The summed E-state index contributed by atoms with van der Waals surface area (Å²) in [5, 5.41) is 3.36. The number of halogens is 1. The summed E-state index contributed by atoms with van der Waals surface area (Å²) in [7, 11) is -2.51. The number of amides is 1. The second kappa shape index (κ2) is 5.85. The molecule has 0 aliphatic carbocycles. The number of hydrogen-bond donors (Lipinski definition) is 2. The lowest BCUT2D eigenvalue weighted by molar-refractivity contribution is -0.113. The molecule has 0 bridgehead atoms. The van der Waals surface area contributed by atoms with E-state index in [0.717, 1.165) is 0 Å². The maximum atomic E-state index is 12.6. The number of carbonyl (C=O) groups is 1. The number of benzene rings is 2. The van der Waals surface area contributed by atoms with Gasteiger partial charge in [0.1, 0.15) is 5.75 Å². The third-order valence-corrected chi connectivity index (χ3v) is 5.70. The summed E-state index contributed by atoms with van der Waals surface area (Å²) in [6, 6.07) is 11.1. The number of nitrogens with one attached hydrogen (secondary N) is 1. The molecule has 24 heavy (non-hydrogen) atoms. The van der Waals surface area contributed by atoms with Crippen LogP contribution < -0.4 is 15.8 Å². The van der Waals surface area contributed by atoms with Crippen molar-refractivity contribution in [2.24, 2.45) is 5.73 Å². The Morgan fingerprint density at radius 2 is 1.92 bits per heavy atom. The van der Waals surface area contributed by atoms with Crippen LogP contribution in [0.1, 0.15) is 5.56 Å². The topological polar surface area (TPSA) is 98.5 Å². The molecule has 0 spiro atoms. The standard InChI is InChI=1S/C16H13ClN2O4S/c1-23-12-7-6-9(17)8-11(12)19-14-10-4-2-3-5-13(10)24(21,22)15(14)16(18)20/h2-8,19H,1H3,(H2,18,20). The predicted octanol–water partition coefficient (Wildman–Crippen LogP) is 2.40. The fourth-order valence-electron chi connectivity index (χ4n) is 2.57. The Kier molecular flexibility index (Phi) is 3.98. The van der Waals surface area contributed by atoms with Crippen molar-refractivity contribution >= 4 is 38.7 Å². The summed E-state index contributed by atoms with van der Waals surface area (Å²) in [5.41, 5.74) is 6.22. The van der Waals surface area contributed by atoms with Gasteiger partial charge in [-0.2, -0.15) is 0 Å². The van der Waals surface area contributed by atoms with Gasteiger partial charge in [-0.1, -0.05) is 29.8 Å².